The van der Waals surface area contributed by atoms with Crippen molar-refractivity contribution in [1.82, 2.24) is 4.57 Å². The molecule has 1 heterocycles. The number of hydrogen-bond acceptors (Lipinski definition) is 1. The van der Waals surface area contributed by atoms with Crippen LogP contribution in [0.25, 0.3) is 10.9 Å². The molecule has 14 heavy (non-hydrogen) atoms. The van der Waals surface area contributed by atoms with Crippen LogP contribution in [0.15, 0.2) is 30.5 Å². The van der Waals surface area contributed by atoms with Gasteiger partial charge in [-0.1, -0.05) is 19.1 Å². The summed E-state index contributed by atoms with van der Waals surface area (Å²) in [5, 5.41) is 1.30. The van der Waals surface area contributed by atoms with Crippen LogP contribution in [-0.4, -0.2) is 4.57 Å². The van der Waals surface area contributed by atoms with Crippen molar-refractivity contribution in [2.75, 3.05) is 0 Å². The van der Waals surface area contributed by atoms with Crippen molar-refractivity contribution in [2.24, 2.45) is 5.73 Å². The molecule has 2 aromatic rings. The van der Waals surface area contributed by atoms with Gasteiger partial charge in [0, 0.05) is 24.8 Å². The fourth-order valence-electron chi connectivity index (χ4n) is 1.79. The average Bonchev–Trinajstić information content (AvgIpc) is 2.61. The molecule has 0 aliphatic heterocycles. The molecule has 74 valence electrons. The Kier molecular flexibility index (Phi) is 2.55. The van der Waals surface area contributed by atoms with E-state index in [1.54, 1.807) is 0 Å². The van der Waals surface area contributed by atoms with Crippen molar-refractivity contribution in [3.8, 4) is 0 Å². The molecule has 2 N–H and O–H groups in total. The summed E-state index contributed by atoms with van der Waals surface area (Å²) in [7, 11) is 0. The van der Waals surface area contributed by atoms with E-state index in [4.69, 9.17) is 5.73 Å². The third-order valence-electron chi connectivity index (χ3n) is 2.54. The Labute approximate surface area is 84.3 Å². The summed E-state index contributed by atoms with van der Waals surface area (Å²) >= 11 is 0. The van der Waals surface area contributed by atoms with E-state index < -0.39 is 0 Å². The van der Waals surface area contributed by atoms with Gasteiger partial charge in [-0.05, 0) is 29.5 Å². The molecular formula is C12H16N2. The quantitative estimate of drug-likeness (QED) is 0.788. The number of fused-ring (bicyclic) bond motifs is 1. The maximum absolute atomic E-state index is 5.62. The van der Waals surface area contributed by atoms with E-state index in [9.17, 15) is 0 Å². The molecule has 0 saturated carbocycles. The normalized spacial score (nSPS) is 11.0. The SMILES string of the molecule is CCCn1ccc2ccc(CN)cc21. The number of aromatic nitrogens is 1. The smallest absolute Gasteiger partial charge is 0.0483 e. The minimum absolute atomic E-state index is 0.618. The van der Waals surface area contributed by atoms with Crippen LogP contribution < -0.4 is 5.73 Å². The lowest BCUT2D eigenvalue weighted by atomic mass is 10.1. The Bertz CT molecular complexity index is 429. The second kappa shape index (κ2) is 3.84. The maximum Gasteiger partial charge on any atom is 0.0483 e. The number of benzene rings is 1. The number of nitrogens with zero attached hydrogens (tertiary/aromatic N) is 1. The summed E-state index contributed by atoms with van der Waals surface area (Å²) in [6.07, 6.45) is 3.31. The van der Waals surface area contributed by atoms with Gasteiger partial charge < -0.3 is 10.3 Å². The molecule has 0 unspecified atom stereocenters. The third kappa shape index (κ3) is 1.53. The van der Waals surface area contributed by atoms with E-state index in [1.165, 1.54) is 16.5 Å². The lowest BCUT2D eigenvalue weighted by Gasteiger charge is -2.04. The summed E-state index contributed by atoms with van der Waals surface area (Å²) in [6, 6.07) is 8.58. The van der Waals surface area contributed by atoms with E-state index in [0.29, 0.717) is 6.54 Å². The number of nitrogens with two attached hydrogens (primary N) is 1. The standard InChI is InChI=1S/C12H16N2/c1-2-6-14-7-5-11-4-3-10(9-13)8-12(11)14/h3-5,7-8H,2,6,9,13H2,1H3. The van der Waals surface area contributed by atoms with Crippen LogP contribution in [-0.2, 0) is 13.1 Å². The van der Waals surface area contributed by atoms with Crippen LogP contribution in [0.5, 0.6) is 0 Å². The molecule has 2 heteroatoms. The van der Waals surface area contributed by atoms with E-state index in [-0.39, 0.29) is 0 Å². The molecule has 0 bridgehead atoms. The van der Waals surface area contributed by atoms with Crippen LogP contribution in [0.3, 0.4) is 0 Å². The van der Waals surface area contributed by atoms with Crippen molar-refractivity contribution in [3.05, 3.63) is 36.0 Å². The largest absolute Gasteiger partial charge is 0.347 e. The van der Waals surface area contributed by atoms with Gasteiger partial charge in [0.05, 0.1) is 0 Å². The van der Waals surface area contributed by atoms with Crippen molar-refractivity contribution < 1.29 is 0 Å². The van der Waals surface area contributed by atoms with Gasteiger partial charge in [-0.3, -0.25) is 0 Å². The summed E-state index contributed by atoms with van der Waals surface area (Å²) in [5.41, 5.74) is 8.13. The van der Waals surface area contributed by atoms with Gasteiger partial charge >= 0.3 is 0 Å². The Hall–Kier alpha value is -1.28. The summed E-state index contributed by atoms with van der Waals surface area (Å²) < 4.78 is 2.29. The van der Waals surface area contributed by atoms with Gasteiger partial charge in [0.1, 0.15) is 0 Å². The first-order valence-corrected chi connectivity index (χ1v) is 5.13. The molecule has 0 atom stereocenters. The van der Waals surface area contributed by atoms with Crippen molar-refractivity contribution in [2.45, 2.75) is 26.4 Å². The topological polar surface area (TPSA) is 30.9 Å². The predicted octanol–water partition coefficient (Wildman–Crippen LogP) is 2.51. The van der Waals surface area contributed by atoms with E-state index >= 15 is 0 Å². The van der Waals surface area contributed by atoms with Crippen LogP contribution in [0.1, 0.15) is 18.9 Å². The molecule has 1 aromatic carbocycles. The molecule has 2 nitrogen and oxygen atoms in total. The Balaban J connectivity index is 2.52. The number of hydrogen-bond donors (Lipinski definition) is 1. The zero-order valence-electron chi connectivity index (χ0n) is 8.53. The summed E-state index contributed by atoms with van der Waals surface area (Å²) in [4.78, 5) is 0. The van der Waals surface area contributed by atoms with Crippen LogP contribution in [0, 0.1) is 0 Å². The van der Waals surface area contributed by atoms with Crippen molar-refractivity contribution >= 4 is 10.9 Å². The van der Waals surface area contributed by atoms with E-state index in [0.717, 1.165) is 13.0 Å². The highest BCUT2D eigenvalue weighted by Gasteiger charge is 2.00. The van der Waals surface area contributed by atoms with Gasteiger partial charge in [0.25, 0.3) is 0 Å². The fourth-order valence-corrected chi connectivity index (χ4v) is 1.79. The van der Waals surface area contributed by atoms with Crippen molar-refractivity contribution in [1.29, 1.82) is 0 Å². The molecule has 0 amide bonds. The van der Waals surface area contributed by atoms with Crippen molar-refractivity contribution in [3.63, 3.8) is 0 Å². The van der Waals surface area contributed by atoms with Crippen LogP contribution in [0.2, 0.25) is 0 Å². The minimum atomic E-state index is 0.618. The third-order valence-corrected chi connectivity index (χ3v) is 2.54. The van der Waals surface area contributed by atoms with Gasteiger partial charge in [-0.15, -0.1) is 0 Å². The predicted molar refractivity (Wildman–Crippen MR) is 60.1 cm³/mol. The molecule has 2 rings (SSSR count). The van der Waals surface area contributed by atoms with E-state index in [1.807, 2.05) is 0 Å². The number of rotatable bonds is 3. The Morgan fingerprint density at radius 3 is 2.86 bits per heavy atom. The van der Waals surface area contributed by atoms with Crippen LogP contribution in [0.4, 0.5) is 0 Å². The van der Waals surface area contributed by atoms with Gasteiger partial charge in [-0.25, -0.2) is 0 Å². The lowest BCUT2D eigenvalue weighted by molar-refractivity contribution is 0.703. The van der Waals surface area contributed by atoms with E-state index in [2.05, 4.69) is 42.0 Å². The molecule has 0 fully saturated rings. The van der Waals surface area contributed by atoms with Crippen LogP contribution >= 0.6 is 0 Å². The second-order valence-electron chi connectivity index (χ2n) is 3.61. The first-order chi connectivity index (χ1) is 6.85. The fraction of sp³-hybridized carbons (Fsp3) is 0.333. The summed E-state index contributed by atoms with van der Waals surface area (Å²) in [6.45, 7) is 3.89. The molecule has 0 saturated heterocycles. The minimum Gasteiger partial charge on any atom is -0.347 e. The average molecular weight is 188 g/mol. The Morgan fingerprint density at radius 2 is 2.14 bits per heavy atom. The molecule has 0 spiro atoms. The highest BCUT2D eigenvalue weighted by atomic mass is 14.9. The molecule has 0 aliphatic carbocycles. The molecule has 1 aromatic heterocycles. The summed E-state index contributed by atoms with van der Waals surface area (Å²) in [5.74, 6) is 0. The molecule has 0 aliphatic rings. The first kappa shape index (κ1) is 9.28. The highest BCUT2D eigenvalue weighted by molar-refractivity contribution is 5.80. The first-order valence-electron chi connectivity index (χ1n) is 5.13. The second-order valence-corrected chi connectivity index (χ2v) is 3.61. The van der Waals surface area contributed by atoms with Gasteiger partial charge in [-0.2, -0.15) is 0 Å². The van der Waals surface area contributed by atoms with Gasteiger partial charge in [0.2, 0.25) is 0 Å². The molecule has 0 radical (unpaired) electrons. The molecular weight excluding hydrogens is 172 g/mol. The maximum atomic E-state index is 5.62. The number of aryl methyl sites for hydroxylation is 1. The zero-order valence-corrected chi connectivity index (χ0v) is 8.53. The van der Waals surface area contributed by atoms with Gasteiger partial charge in [0.15, 0.2) is 0 Å². The lowest BCUT2D eigenvalue weighted by Crippen LogP contribution is -1.98. The highest BCUT2D eigenvalue weighted by Crippen LogP contribution is 2.17. The zero-order chi connectivity index (χ0) is 9.97. The monoisotopic (exact) mass is 188 g/mol. The Morgan fingerprint density at radius 1 is 1.29 bits per heavy atom.